The van der Waals surface area contributed by atoms with Gasteiger partial charge in [0.2, 0.25) is 0 Å². The third-order valence-electron chi connectivity index (χ3n) is 5.57. The van der Waals surface area contributed by atoms with Crippen LogP contribution in [0.15, 0.2) is 4.99 Å². The van der Waals surface area contributed by atoms with E-state index in [1.807, 2.05) is 7.05 Å². The number of fused-ring (bicyclic) bond motifs is 1. The summed E-state index contributed by atoms with van der Waals surface area (Å²) in [7, 11) is 1.84. The SMILES string of the molecule is CCN(CC)CCCC(C)NC(=NC)NCC1CN2CCCC2CO1.I. The van der Waals surface area contributed by atoms with Crippen LogP contribution in [0.2, 0.25) is 0 Å². The summed E-state index contributed by atoms with van der Waals surface area (Å²) in [4.78, 5) is 9.43. The lowest BCUT2D eigenvalue weighted by Crippen LogP contribution is -2.52. The molecule has 154 valence electrons. The molecule has 2 rings (SSSR count). The Morgan fingerprint density at radius 2 is 2.12 bits per heavy atom. The van der Waals surface area contributed by atoms with Crippen LogP contribution in [-0.2, 0) is 4.74 Å². The number of hydrogen-bond donors (Lipinski definition) is 2. The normalized spacial score (nSPS) is 24.9. The van der Waals surface area contributed by atoms with E-state index in [-0.39, 0.29) is 30.1 Å². The molecule has 26 heavy (non-hydrogen) atoms. The van der Waals surface area contributed by atoms with Crippen LogP contribution in [0.5, 0.6) is 0 Å². The Labute approximate surface area is 177 Å². The number of halogens is 1. The summed E-state index contributed by atoms with van der Waals surface area (Å²) in [6, 6.07) is 1.09. The van der Waals surface area contributed by atoms with Crippen molar-refractivity contribution in [2.45, 2.75) is 64.6 Å². The zero-order valence-electron chi connectivity index (χ0n) is 17.2. The molecular formula is C19H40IN5O. The number of rotatable bonds is 9. The van der Waals surface area contributed by atoms with Crippen molar-refractivity contribution in [1.82, 2.24) is 20.4 Å². The van der Waals surface area contributed by atoms with Gasteiger partial charge in [0, 0.05) is 32.2 Å². The van der Waals surface area contributed by atoms with Crippen LogP contribution in [0.1, 0.15) is 46.5 Å². The molecule has 0 saturated carbocycles. The Morgan fingerprint density at radius 1 is 1.35 bits per heavy atom. The zero-order valence-corrected chi connectivity index (χ0v) is 19.5. The second-order valence-electron chi connectivity index (χ2n) is 7.41. The van der Waals surface area contributed by atoms with E-state index in [1.54, 1.807) is 0 Å². The monoisotopic (exact) mass is 481 g/mol. The van der Waals surface area contributed by atoms with Gasteiger partial charge in [-0.1, -0.05) is 13.8 Å². The summed E-state index contributed by atoms with van der Waals surface area (Å²) in [5.41, 5.74) is 0. The van der Waals surface area contributed by atoms with Gasteiger partial charge in [-0.2, -0.15) is 0 Å². The molecule has 0 radical (unpaired) electrons. The molecule has 0 aromatic carbocycles. The van der Waals surface area contributed by atoms with Gasteiger partial charge in [0.1, 0.15) is 0 Å². The van der Waals surface area contributed by atoms with Crippen LogP contribution in [0, 0.1) is 0 Å². The number of aliphatic imine (C=N–C) groups is 1. The van der Waals surface area contributed by atoms with Gasteiger partial charge in [-0.05, 0) is 58.8 Å². The van der Waals surface area contributed by atoms with Crippen molar-refractivity contribution in [1.29, 1.82) is 0 Å². The molecule has 0 amide bonds. The molecule has 2 aliphatic rings. The van der Waals surface area contributed by atoms with Crippen molar-refractivity contribution in [2.75, 3.05) is 52.9 Å². The predicted octanol–water partition coefficient (Wildman–Crippen LogP) is 2.14. The van der Waals surface area contributed by atoms with Gasteiger partial charge in [-0.15, -0.1) is 24.0 Å². The molecule has 7 heteroatoms. The maximum atomic E-state index is 6.02. The van der Waals surface area contributed by atoms with Gasteiger partial charge in [-0.25, -0.2) is 0 Å². The lowest BCUT2D eigenvalue weighted by atomic mass is 10.1. The molecule has 2 fully saturated rings. The quantitative estimate of drug-likeness (QED) is 0.300. The van der Waals surface area contributed by atoms with Crippen molar-refractivity contribution >= 4 is 29.9 Å². The minimum absolute atomic E-state index is 0. The minimum atomic E-state index is 0. The lowest BCUT2D eigenvalue weighted by Gasteiger charge is -2.35. The number of guanidine groups is 1. The Morgan fingerprint density at radius 3 is 2.81 bits per heavy atom. The van der Waals surface area contributed by atoms with Crippen molar-refractivity contribution < 1.29 is 4.74 Å². The van der Waals surface area contributed by atoms with Crippen LogP contribution in [0.4, 0.5) is 0 Å². The number of hydrogen-bond acceptors (Lipinski definition) is 4. The molecule has 0 aromatic rings. The lowest BCUT2D eigenvalue weighted by molar-refractivity contribution is -0.0453. The van der Waals surface area contributed by atoms with Crippen LogP contribution in [-0.4, -0.2) is 86.9 Å². The largest absolute Gasteiger partial charge is 0.373 e. The average molecular weight is 481 g/mol. The summed E-state index contributed by atoms with van der Waals surface area (Å²) >= 11 is 0. The molecule has 2 heterocycles. The fourth-order valence-corrected chi connectivity index (χ4v) is 3.88. The molecule has 2 saturated heterocycles. The Kier molecular flexibility index (Phi) is 12.1. The Hall–Kier alpha value is -0.120. The third-order valence-corrected chi connectivity index (χ3v) is 5.57. The summed E-state index contributed by atoms with van der Waals surface area (Å²) < 4.78 is 6.02. The Bertz CT molecular complexity index is 405. The number of nitrogens with zero attached hydrogens (tertiary/aromatic N) is 3. The van der Waals surface area contributed by atoms with Crippen LogP contribution >= 0.6 is 24.0 Å². The third kappa shape index (κ3) is 7.86. The maximum absolute atomic E-state index is 6.02. The van der Waals surface area contributed by atoms with Crippen molar-refractivity contribution in [3.63, 3.8) is 0 Å². The first-order valence-corrected chi connectivity index (χ1v) is 10.2. The topological polar surface area (TPSA) is 52.1 Å². The average Bonchev–Trinajstić information content (AvgIpc) is 3.10. The molecule has 0 aromatic heterocycles. The highest BCUT2D eigenvalue weighted by Crippen LogP contribution is 2.22. The summed E-state index contributed by atoms with van der Waals surface area (Å²) in [5.74, 6) is 0.891. The molecule has 2 aliphatic heterocycles. The molecule has 6 nitrogen and oxygen atoms in total. The molecule has 3 atom stereocenters. The van der Waals surface area contributed by atoms with Crippen LogP contribution in [0.3, 0.4) is 0 Å². The Balaban J connectivity index is 0.00000338. The summed E-state index contributed by atoms with van der Waals surface area (Å²) in [5, 5.41) is 6.96. The van der Waals surface area contributed by atoms with Gasteiger partial charge in [0.25, 0.3) is 0 Å². The minimum Gasteiger partial charge on any atom is -0.373 e. The predicted molar refractivity (Wildman–Crippen MR) is 121 cm³/mol. The van der Waals surface area contributed by atoms with E-state index >= 15 is 0 Å². The van der Waals surface area contributed by atoms with Gasteiger partial charge in [-0.3, -0.25) is 9.89 Å². The fourth-order valence-electron chi connectivity index (χ4n) is 3.88. The number of ether oxygens (including phenoxy) is 1. The van der Waals surface area contributed by atoms with E-state index in [2.05, 4.69) is 46.2 Å². The summed E-state index contributed by atoms with van der Waals surface area (Å²) in [6.45, 7) is 14.2. The van der Waals surface area contributed by atoms with E-state index in [0.29, 0.717) is 12.1 Å². The first-order chi connectivity index (χ1) is 12.2. The van der Waals surface area contributed by atoms with Crippen LogP contribution in [0.25, 0.3) is 0 Å². The molecule has 0 bridgehead atoms. The van der Waals surface area contributed by atoms with E-state index in [0.717, 1.165) is 45.2 Å². The van der Waals surface area contributed by atoms with E-state index in [1.165, 1.54) is 32.4 Å². The van der Waals surface area contributed by atoms with Crippen molar-refractivity contribution in [3.05, 3.63) is 0 Å². The first kappa shape index (κ1) is 23.9. The maximum Gasteiger partial charge on any atom is 0.191 e. The van der Waals surface area contributed by atoms with E-state index in [4.69, 9.17) is 4.74 Å². The van der Waals surface area contributed by atoms with Crippen LogP contribution < -0.4 is 10.6 Å². The van der Waals surface area contributed by atoms with Gasteiger partial charge in [0.15, 0.2) is 5.96 Å². The smallest absolute Gasteiger partial charge is 0.191 e. The molecule has 0 aliphatic carbocycles. The zero-order chi connectivity index (χ0) is 18.1. The molecule has 3 unspecified atom stereocenters. The molecule has 2 N–H and O–H groups in total. The standard InChI is InChI=1S/C19H39N5O.HI/c1-5-23(6-2)11-7-9-16(3)22-19(20-4)21-13-18-14-24-12-8-10-17(24)15-25-18;/h16-18H,5-15H2,1-4H3,(H2,20,21,22);1H. The van der Waals surface area contributed by atoms with Gasteiger partial charge in [0.05, 0.1) is 12.7 Å². The highest BCUT2D eigenvalue weighted by molar-refractivity contribution is 14.0. The molecule has 0 spiro atoms. The van der Waals surface area contributed by atoms with E-state index in [9.17, 15) is 0 Å². The fraction of sp³-hybridized carbons (Fsp3) is 0.947. The molecular weight excluding hydrogens is 441 g/mol. The second kappa shape index (κ2) is 13.1. The van der Waals surface area contributed by atoms with Crippen molar-refractivity contribution in [2.24, 2.45) is 4.99 Å². The van der Waals surface area contributed by atoms with Crippen molar-refractivity contribution in [3.8, 4) is 0 Å². The van der Waals surface area contributed by atoms with Gasteiger partial charge < -0.3 is 20.3 Å². The number of morpholine rings is 1. The second-order valence-corrected chi connectivity index (χ2v) is 7.41. The highest BCUT2D eigenvalue weighted by atomic mass is 127. The highest BCUT2D eigenvalue weighted by Gasteiger charge is 2.32. The number of nitrogens with one attached hydrogen (secondary N) is 2. The van der Waals surface area contributed by atoms with E-state index < -0.39 is 0 Å². The first-order valence-electron chi connectivity index (χ1n) is 10.2. The van der Waals surface area contributed by atoms with Gasteiger partial charge >= 0.3 is 0 Å². The summed E-state index contributed by atoms with van der Waals surface area (Å²) in [6.07, 6.45) is 5.27.